The number of nitro benzene ring substituents is 1. The molecule has 242 valence electrons. The fraction of sp³-hybridized carbons (Fsp3) is 0.452. The third kappa shape index (κ3) is 11.6. The van der Waals surface area contributed by atoms with Gasteiger partial charge in [0.1, 0.15) is 18.6 Å². The van der Waals surface area contributed by atoms with Crippen LogP contribution in [-0.2, 0) is 35.3 Å². The van der Waals surface area contributed by atoms with Gasteiger partial charge in [-0.15, -0.1) is 0 Å². The van der Waals surface area contributed by atoms with Crippen molar-refractivity contribution >= 4 is 46.8 Å². The van der Waals surface area contributed by atoms with Crippen molar-refractivity contribution in [1.82, 2.24) is 16.0 Å². The number of ketones is 1. The summed E-state index contributed by atoms with van der Waals surface area (Å²) < 4.78 is 10.4. The molecule has 1 aliphatic rings. The van der Waals surface area contributed by atoms with Gasteiger partial charge in [-0.25, -0.2) is 0 Å². The molecular formula is C31H37ClN4O9. The minimum Gasteiger partial charge on any atom is -0.465 e. The summed E-state index contributed by atoms with van der Waals surface area (Å²) in [6.45, 7) is 0.843. The van der Waals surface area contributed by atoms with Crippen LogP contribution in [0.3, 0.4) is 0 Å². The van der Waals surface area contributed by atoms with Crippen LogP contribution < -0.4 is 16.0 Å². The summed E-state index contributed by atoms with van der Waals surface area (Å²) in [7, 11) is 0. The molecule has 14 heteroatoms. The van der Waals surface area contributed by atoms with Crippen LogP contribution >= 0.6 is 11.6 Å². The number of benzene rings is 2. The first-order valence-electron chi connectivity index (χ1n) is 14.7. The molecule has 2 atom stereocenters. The van der Waals surface area contributed by atoms with Crippen molar-refractivity contribution in [3.63, 3.8) is 0 Å². The molecule has 1 unspecified atom stereocenters. The summed E-state index contributed by atoms with van der Waals surface area (Å²) in [5.74, 6) is -4.35. The normalized spacial score (nSPS) is 14.4. The zero-order chi connectivity index (χ0) is 32.8. The minimum absolute atomic E-state index is 0.0299. The SMILES string of the molecule is CCOC(=O)CNC(=O)C(=O)C(COCc1ccccc1)NC(=O)[C@H](CC1CCCCC1)NC(=O)c1cc(Cl)cc([N+](=O)[O-])c1. The maximum absolute atomic E-state index is 13.7. The highest BCUT2D eigenvalue weighted by Gasteiger charge is 2.33. The number of esters is 1. The molecule has 0 radical (unpaired) electrons. The topological polar surface area (TPSA) is 183 Å². The van der Waals surface area contributed by atoms with Gasteiger partial charge in [0.25, 0.3) is 17.5 Å². The molecule has 2 aromatic carbocycles. The van der Waals surface area contributed by atoms with Crippen LogP contribution in [0.25, 0.3) is 0 Å². The fourth-order valence-electron chi connectivity index (χ4n) is 4.97. The first-order valence-corrected chi connectivity index (χ1v) is 15.1. The van der Waals surface area contributed by atoms with Gasteiger partial charge >= 0.3 is 5.97 Å². The first-order chi connectivity index (χ1) is 21.6. The predicted molar refractivity (Wildman–Crippen MR) is 163 cm³/mol. The van der Waals surface area contributed by atoms with Gasteiger partial charge in [-0.2, -0.15) is 0 Å². The van der Waals surface area contributed by atoms with Crippen molar-refractivity contribution in [3.8, 4) is 0 Å². The summed E-state index contributed by atoms with van der Waals surface area (Å²) in [6.07, 6.45) is 4.89. The smallest absolute Gasteiger partial charge is 0.325 e. The number of nitro groups is 1. The van der Waals surface area contributed by atoms with E-state index in [-0.39, 0.29) is 42.7 Å². The number of ether oxygens (including phenoxy) is 2. The molecule has 0 aliphatic heterocycles. The summed E-state index contributed by atoms with van der Waals surface area (Å²) in [5, 5.41) is 18.6. The molecule has 3 amide bonds. The summed E-state index contributed by atoms with van der Waals surface area (Å²) >= 11 is 6.00. The van der Waals surface area contributed by atoms with Gasteiger partial charge in [0.2, 0.25) is 11.7 Å². The second-order valence-corrected chi connectivity index (χ2v) is 11.1. The van der Waals surface area contributed by atoms with Crippen molar-refractivity contribution in [2.24, 2.45) is 5.92 Å². The molecule has 45 heavy (non-hydrogen) atoms. The van der Waals surface area contributed by atoms with E-state index >= 15 is 0 Å². The molecule has 3 rings (SSSR count). The van der Waals surface area contributed by atoms with Gasteiger partial charge in [0, 0.05) is 22.7 Å². The van der Waals surface area contributed by atoms with E-state index in [1.807, 2.05) is 6.07 Å². The molecule has 1 fully saturated rings. The molecule has 0 aromatic heterocycles. The van der Waals surface area contributed by atoms with E-state index in [1.165, 1.54) is 6.07 Å². The van der Waals surface area contributed by atoms with Gasteiger partial charge < -0.3 is 25.4 Å². The number of Topliss-reactive ketones (excluding diaryl/α,β-unsaturated/α-hetero) is 1. The quantitative estimate of drug-likeness (QED) is 0.107. The maximum Gasteiger partial charge on any atom is 0.325 e. The molecule has 3 N–H and O–H groups in total. The van der Waals surface area contributed by atoms with Crippen LogP contribution in [-0.4, -0.2) is 66.2 Å². The summed E-state index contributed by atoms with van der Waals surface area (Å²) in [4.78, 5) is 75.0. The number of nitrogens with zero attached hydrogens (tertiary/aromatic N) is 1. The van der Waals surface area contributed by atoms with Crippen molar-refractivity contribution < 1.29 is 38.4 Å². The number of carbonyl (C=O) groups excluding carboxylic acids is 5. The number of carbonyl (C=O) groups is 5. The Kier molecular flexibility index (Phi) is 13.9. The Hall–Kier alpha value is -4.36. The van der Waals surface area contributed by atoms with E-state index in [0.717, 1.165) is 49.8 Å². The molecule has 0 spiro atoms. The summed E-state index contributed by atoms with van der Waals surface area (Å²) in [6, 6.07) is 9.83. The Bertz CT molecular complexity index is 1370. The zero-order valence-electron chi connectivity index (χ0n) is 24.9. The highest BCUT2D eigenvalue weighted by Crippen LogP contribution is 2.28. The fourth-order valence-corrected chi connectivity index (χ4v) is 5.20. The van der Waals surface area contributed by atoms with Gasteiger partial charge in [0.05, 0.1) is 24.7 Å². The second kappa shape index (κ2) is 17.8. The van der Waals surface area contributed by atoms with E-state index in [2.05, 4.69) is 16.0 Å². The van der Waals surface area contributed by atoms with Crippen molar-refractivity contribution in [2.45, 2.75) is 64.1 Å². The Morgan fingerprint density at radius 3 is 2.38 bits per heavy atom. The number of hydrogen-bond acceptors (Lipinski definition) is 9. The molecule has 1 saturated carbocycles. The second-order valence-electron chi connectivity index (χ2n) is 10.6. The molecule has 0 saturated heterocycles. The highest BCUT2D eigenvalue weighted by molar-refractivity contribution is 6.38. The monoisotopic (exact) mass is 644 g/mol. The van der Waals surface area contributed by atoms with E-state index in [4.69, 9.17) is 21.1 Å². The van der Waals surface area contributed by atoms with Crippen LogP contribution in [0.4, 0.5) is 5.69 Å². The van der Waals surface area contributed by atoms with E-state index in [1.54, 1.807) is 31.2 Å². The molecule has 0 bridgehead atoms. The molecule has 13 nitrogen and oxygen atoms in total. The van der Waals surface area contributed by atoms with E-state index < -0.39 is 58.7 Å². The lowest BCUT2D eigenvalue weighted by Crippen LogP contribution is -2.56. The predicted octanol–water partition coefficient (Wildman–Crippen LogP) is 3.27. The Morgan fingerprint density at radius 2 is 1.71 bits per heavy atom. The molecular weight excluding hydrogens is 608 g/mol. The average Bonchev–Trinajstić information content (AvgIpc) is 3.03. The number of hydrogen-bond donors (Lipinski definition) is 3. The third-order valence-corrected chi connectivity index (χ3v) is 7.44. The van der Waals surface area contributed by atoms with Crippen LogP contribution in [0.5, 0.6) is 0 Å². The van der Waals surface area contributed by atoms with Crippen molar-refractivity contribution in [2.75, 3.05) is 19.8 Å². The lowest BCUT2D eigenvalue weighted by molar-refractivity contribution is -0.384. The number of rotatable bonds is 16. The lowest BCUT2D eigenvalue weighted by Gasteiger charge is -2.28. The third-order valence-electron chi connectivity index (χ3n) is 7.22. The molecule has 2 aromatic rings. The van der Waals surface area contributed by atoms with Gasteiger partial charge in [-0.3, -0.25) is 34.1 Å². The van der Waals surface area contributed by atoms with Crippen molar-refractivity contribution in [1.29, 1.82) is 0 Å². The average molecular weight is 645 g/mol. The molecule has 1 aliphatic carbocycles. The van der Waals surface area contributed by atoms with Gasteiger partial charge in [0.15, 0.2) is 0 Å². The summed E-state index contributed by atoms with van der Waals surface area (Å²) in [5.41, 5.74) is 0.281. The van der Waals surface area contributed by atoms with Crippen LogP contribution in [0.15, 0.2) is 48.5 Å². The largest absolute Gasteiger partial charge is 0.465 e. The minimum atomic E-state index is -1.46. The lowest BCUT2D eigenvalue weighted by atomic mass is 9.84. The Labute approximate surface area is 265 Å². The van der Waals surface area contributed by atoms with Crippen molar-refractivity contribution in [3.05, 3.63) is 74.8 Å². The van der Waals surface area contributed by atoms with Gasteiger partial charge in [-0.1, -0.05) is 74.0 Å². The zero-order valence-corrected chi connectivity index (χ0v) is 25.7. The Morgan fingerprint density at radius 1 is 1.00 bits per heavy atom. The first kappa shape index (κ1) is 35.1. The number of non-ortho nitro benzene ring substituents is 1. The number of halogens is 1. The maximum atomic E-state index is 13.7. The van der Waals surface area contributed by atoms with E-state index in [0.29, 0.717) is 0 Å². The number of nitrogens with one attached hydrogen (secondary N) is 3. The Balaban J connectivity index is 1.80. The molecule has 0 heterocycles. The number of amides is 3. The standard InChI is InChI=1S/C31H37ClN4O9/c1-2-45-27(37)17-33-31(41)28(38)26(19-44-18-21-11-7-4-8-12-21)35-30(40)25(13-20-9-5-3-6-10-20)34-29(39)22-14-23(32)16-24(15-22)36(42)43/h4,7-8,11-12,14-16,20,25-26H,2-3,5-6,9-10,13,17-19H2,1H3,(H,33,41)(H,34,39)(H,35,40)/t25-,26?/m0/s1. The van der Waals surface area contributed by atoms with E-state index in [9.17, 15) is 34.1 Å². The van der Waals surface area contributed by atoms with Crippen LogP contribution in [0.1, 0.15) is 61.4 Å². The van der Waals surface area contributed by atoms with Crippen LogP contribution in [0, 0.1) is 16.0 Å². The van der Waals surface area contributed by atoms with Crippen LogP contribution in [0.2, 0.25) is 5.02 Å². The van der Waals surface area contributed by atoms with Gasteiger partial charge in [-0.05, 0) is 30.9 Å². The highest BCUT2D eigenvalue weighted by atomic mass is 35.5.